The van der Waals surface area contributed by atoms with Crippen molar-refractivity contribution in [3.8, 4) is 5.75 Å². The second-order valence-corrected chi connectivity index (χ2v) is 5.13. The van der Waals surface area contributed by atoms with Crippen LogP contribution in [0.1, 0.15) is 42.8 Å². The first-order valence-corrected chi connectivity index (χ1v) is 7.11. The fourth-order valence-corrected chi connectivity index (χ4v) is 2.43. The summed E-state index contributed by atoms with van der Waals surface area (Å²) in [5.41, 5.74) is 2.25. The maximum atomic E-state index is 5.43. The molecule has 1 N–H and O–H groups in total. The Kier molecular flexibility index (Phi) is 5.42. The Morgan fingerprint density at radius 2 is 1.95 bits per heavy atom. The van der Waals surface area contributed by atoms with Crippen molar-refractivity contribution < 1.29 is 13.9 Å². The van der Waals surface area contributed by atoms with E-state index in [1.807, 2.05) is 18.2 Å². The van der Waals surface area contributed by atoms with Gasteiger partial charge in [-0.3, -0.25) is 0 Å². The number of benzene rings is 1. The molecule has 1 aromatic carbocycles. The Morgan fingerprint density at radius 3 is 2.57 bits per heavy atom. The maximum absolute atomic E-state index is 5.43. The van der Waals surface area contributed by atoms with Gasteiger partial charge in [0.15, 0.2) is 0 Å². The highest BCUT2D eigenvalue weighted by Gasteiger charge is 2.14. The van der Waals surface area contributed by atoms with Gasteiger partial charge in [0, 0.05) is 18.7 Å². The van der Waals surface area contributed by atoms with Gasteiger partial charge in [-0.25, -0.2) is 0 Å². The monoisotopic (exact) mass is 289 g/mol. The average Bonchev–Trinajstić information content (AvgIpc) is 3.01. The third-order valence-corrected chi connectivity index (χ3v) is 3.57. The minimum absolute atomic E-state index is 0.156. The van der Waals surface area contributed by atoms with E-state index in [9.17, 15) is 0 Å². The van der Waals surface area contributed by atoms with E-state index in [-0.39, 0.29) is 12.1 Å². The molecule has 0 aliphatic carbocycles. The fraction of sp³-hybridized carbons (Fsp3) is 0.412. The lowest BCUT2D eigenvalue weighted by molar-refractivity contribution is 0.181. The molecule has 2 atom stereocenters. The zero-order valence-corrected chi connectivity index (χ0v) is 13.1. The van der Waals surface area contributed by atoms with Crippen LogP contribution >= 0.6 is 0 Å². The molecule has 0 radical (unpaired) electrons. The van der Waals surface area contributed by atoms with Crippen molar-refractivity contribution in [2.24, 2.45) is 0 Å². The molecule has 2 aromatic rings. The van der Waals surface area contributed by atoms with Crippen molar-refractivity contribution in [2.75, 3.05) is 14.2 Å². The number of hydrogen-bond donors (Lipinski definition) is 1. The van der Waals surface area contributed by atoms with Gasteiger partial charge in [0.1, 0.15) is 11.5 Å². The second-order valence-electron chi connectivity index (χ2n) is 5.13. The van der Waals surface area contributed by atoms with E-state index >= 15 is 0 Å². The fourth-order valence-electron chi connectivity index (χ4n) is 2.43. The summed E-state index contributed by atoms with van der Waals surface area (Å²) in [5, 5.41) is 3.53. The second kappa shape index (κ2) is 7.29. The molecule has 1 heterocycles. The largest absolute Gasteiger partial charge is 0.496 e. The number of ether oxygens (including phenoxy) is 2. The molecular weight excluding hydrogens is 266 g/mol. The van der Waals surface area contributed by atoms with Crippen LogP contribution in [0.15, 0.2) is 41.0 Å². The van der Waals surface area contributed by atoms with Crippen molar-refractivity contribution in [3.63, 3.8) is 0 Å². The predicted octanol–water partition coefficient (Wildman–Crippen LogP) is 3.85. The van der Waals surface area contributed by atoms with Gasteiger partial charge < -0.3 is 19.2 Å². The van der Waals surface area contributed by atoms with Gasteiger partial charge in [0.05, 0.1) is 26.0 Å². The van der Waals surface area contributed by atoms with Crippen LogP contribution in [-0.2, 0) is 11.3 Å². The molecule has 0 amide bonds. The van der Waals surface area contributed by atoms with E-state index in [1.165, 1.54) is 5.56 Å². The topological polar surface area (TPSA) is 43.6 Å². The van der Waals surface area contributed by atoms with Crippen molar-refractivity contribution in [3.05, 3.63) is 53.5 Å². The minimum Gasteiger partial charge on any atom is -0.496 e. The van der Waals surface area contributed by atoms with Crippen molar-refractivity contribution in [2.45, 2.75) is 32.5 Å². The SMILES string of the molecule is COCc1cc(C(C)N[C@@H](C)c2ccco2)ccc1OC. The molecule has 0 saturated carbocycles. The van der Waals surface area contributed by atoms with Crippen LogP contribution in [0.5, 0.6) is 5.75 Å². The first kappa shape index (κ1) is 15.6. The molecule has 0 saturated heterocycles. The first-order valence-electron chi connectivity index (χ1n) is 7.11. The lowest BCUT2D eigenvalue weighted by Crippen LogP contribution is -2.22. The Morgan fingerprint density at radius 1 is 1.14 bits per heavy atom. The minimum atomic E-state index is 0.156. The van der Waals surface area contributed by atoms with E-state index in [0.717, 1.165) is 17.1 Å². The third-order valence-electron chi connectivity index (χ3n) is 3.57. The Balaban J connectivity index is 2.11. The quantitative estimate of drug-likeness (QED) is 0.841. The van der Waals surface area contributed by atoms with Crippen LogP contribution in [0.2, 0.25) is 0 Å². The van der Waals surface area contributed by atoms with Crippen LogP contribution in [0.25, 0.3) is 0 Å². The molecule has 1 unspecified atom stereocenters. The average molecular weight is 289 g/mol. The lowest BCUT2D eigenvalue weighted by Gasteiger charge is -2.20. The molecule has 0 aliphatic heterocycles. The lowest BCUT2D eigenvalue weighted by atomic mass is 10.0. The smallest absolute Gasteiger partial charge is 0.124 e. The van der Waals surface area contributed by atoms with E-state index in [1.54, 1.807) is 20.5 Å². The third kappa shape index (κ3) is 3.86. The molecule has 21 heavy (non-hydrogen) atoms. The number of hydrogen-bond acceptors (Lipinski definition) is 4. The molecule has 114 valence electrons. The number of nitrogens with one attached hydrogen (secondary N) is 1. The summed E-state index contributed by atoms with van der Waals surface area (Å²) in [4.78, 5) is 0. The highest BCUT2D eigenvalue weighted by Crippen LogP contribution is 2.25. The standard InChI is InChI=1S/C17H23NO3/c1-12(18-13(2)16-6-5-9-21-16)14-7-8-17(20-4)15(10-14)11-19-3/h5-10,12-13,18H,11H2,1-4H3/t12?,13-/m0/s1. The van der Waals surface area contributed by atoms with Gasteiger partial charge in [-0.15, -0.1) is 0 Å². The normalized spacial score (nSPS) is 13.9. The van der Waals surface area contributed by atoms with Crippen LogP contribution in [0.3, 0.4) is 0 Å². The summed E-state index contributed by atoms with van der Waals surface area (Å²) in [7, 11) is 3.36. The maximum Gasteiger partial charge on any atom is 0.124 e. The van der Waals surface area contributed by atoms with Gasteiger partial charge in [0.2, 0.25) is 0 Å². The summed E-state index contributed by atoms with van der Waals surface area (Å²) in [5.74, 6) is 1.79. The highest BCUT2D eigenvalue weighted by atomic mass is 16.5. The molecule has 0 spiro atoms. The van der Waals surface area contributed by atoms with Crippen LogP contribution in [-0.4, -0.2) is 14.2 Å². The Bertz CT molecular complexity index is 551. The molecule has 1 aromatic heterocycles. The van der Waals surface area contributed by atoms with Crippen molar-refractivity contribution >= 4 is 0 Å². The van der Waals surface area contributed by atoms with E-state index in [0.29, 0.717) is 6.61 Å². The van der Waals surface area contributed by atoms with Crippen LogP contribution in [0, 0.1) is 0 Å². The van der Waals surface area contributed by atoms with E-state index < -0.39 is 0 Å². The zero-order valence-electron chi connectivity index (χ0n) is 13.1. The number of methoxy groups -OCH3 is 2. The zero-order chi connectivity index (χ0) is 15.2. The Labute approximate surface area is 126 Å². The summed E-state index contributed by atoms with van der Waals surface area (Å²) < 4.78 is 16.0. The van der Waals surface area contributed by atoms with Crippen LogP contribution < -0.4 is 10.1 Å². The summed E-state index contributed by atoms with van der Waals surface area (Å²) in [6, 6.07) is 10.4. The molecular formula is C17H23NO3. The summed E-state index contributed by atoms with van der Waals surface area (Å²) in [6.07, 6.45) is 1.70. The van der Waals surface area contributed by atoms with Gasteiger partial charge in [0.25, 0.3) is 0 Å². The number of rotatable bonds is 7. The van der Waals surface area contributed by atoms with Crippen LogP contribution in [0.4, 0.5) is 0 Å². The molecule has 4 heteroatoms. The first-order chi connectivity index (χ1) is 10.2. The van der Waals surface area contributed by atoms with Crippen molar-refractivity contribution in [1.29, 1.82) is 0 Å². The summed E-state index contributed by atoms with van der Waals surface area (Å²) >= 11 is 0. The molecule has 4 nitrogen and oxygen atoms in total. The molecule has 0 bridgehead atoms. The van der Waals surface area contributed by atoms with Crippen molar-refractivity contribution in [1.82, 2.24) is 5.32 Å². The molecule has 0 fully saturated rings. The van der Waals surface area contributed by atoms with Gasteiger partial charge in [-0.2, -0.15) is 0 Å². The predicted molar refractivity (Wildman–Crippen MR) is 82.4 cm³/mol. The summed E-state index contributed by atoms with van der Waals surface area (Å²) in [6.45, 7) is 4.77. The Hall–Kier alpha value is -1.78. The number of furan rings is 1. The van der Waals surface area contributed by atoms with Gasteiger partial charge in [-0.1, -0.05) is 6.07 Å². The van der Waals surface area contributed by atoms with Gasteiger partial charge >= 0.3 is 0 Å². The van der Waals surface area contributed by atoms with E-state index in [2.05, 4.69) is 31.3 Å². The molecule has 0 aliphatic rings. The van der Waals surface area contributed by atoms with E-state index in [4.69, 9.17) is 13.9 Å². The van der Waals surface area contributed by atoms with Gasteiger partial charge in [-0.05, 0) is 43.7 Å². The molecule has 2 rings (SSSR count). The highest BCUT2D eigenvalue weighted by molar-refractivity contribution is 5.38.